The molecule has 15 heavy (non-hydrogen) atoms. The highest BCUT2D eigenvalue weighted by Crippen LogP contribution is 2.18. The lowest BCUT2D eigenvalue weighted by Crippen LogP contribution is -2.39. The highest BCUT2D eigenvalue weighted by Gasteiger charge is 2.22. The van der Waals surface area contributed by atoms with Gasteiger partial charge in [0.05, 0.1) is 5.56 Å². The number of carbonyl (C=O) groups is 1. The molecule has 2 N–H and O–H groups in total. The Kier molecular flexibility index (Phi) is 3.38. The maximum Gasteiger partial charge on any atom is 0.254 e. The molecular weight excluding hydrogens is 208 g/mol. The van der Waals surface area contributed by atoms with Gasteiger partial charge in [-0.05, 0) is 36.8 Å². The number of nitrogens with two attached hydrogens (primary N) is 1. The van der Waals surface area contributed by atoms with E-state index in [4.69, 9.17) is 5.73 Å². The Morgan fingerprint density at radius 3 is 2.80 bits per heavy atom. The Bertz CT molecular complexity index is 315. The van der Waals surface area contributed by atoms with Crippen molar-refractivity contribution in [1.29, 1.82) is 0 Å². The van der Waals surface area contributed by atoms with Crippen LogP contribution in [0.15, 0.2) is 16.8 Å². The van der Waals surface area contributed by atoms with Crippen molar-refractivity contribution < 1.29 is 4.79 Å². The second-order valence-corrected chi connectivity index (χ2v) is 4.76. The average molecular weight is 224 g/mol. The third kappa shape index (κ3) is 2.38. The summed E-state index contributed by atoms with van der Waals surface area (Å²) in [5.41, 5.74) is 6.44. The van der Waals surface area contributed by atoms with Gasteiger partial charge in [0.1, 0.15) is 0 Å². The fourth-order valence-corrected chi connectivity index (χ4v) is 2.57. The number of carbonyl (C=O) groups excluding carboxylic acids is 1. The minimum atomic E-state index is 0.173. The largest absolute Gasteiger partial charge is 0.339 e. The van der Waals surface area contributed by atoms with E-state index >= 15 is 0 Å². The number of nitrogens with zero attached hydrogens (tertiary/aromatic N) is 1. The van der Waals surface area contributed by atoms with Crippen LogP contribution in [0, 0.1) is 5.92 Å². The van der Waals surface area contributed by atoms with Crippen LogP contribution in [0.1, 0.15) is 23.2 Å². The Balaban J connectivity index is 1.93. The van der Waals surface area contributed by atoms with Crippen molar-refractivity contribution >= 4 is 17.2 Å². The predicted octanol–water partition coefficient (Wildman–Crippen LogP) is 1.56. The lowest BCUT2D eigenvalue weighted by atomic mass is 9.97. The van der Waals surface area contributed by atoms with E-state index in [-0.39, 0.29) is 5.91 Å². The lowest BCUT2D eigenvalue weighted by molar-refractivity contribution is 0.0694. The smallest absolute Gasteiger partial charge is 0.254 e. The van der Waals surface area contributed by atoms with Crippen LogP contribution in [0.4, 0.5) is 0 Å². The van der Waals surface area contributed by atoms with Crippen molar-refractivity contribution in [3.63, 3.8) is 0 Å². The summed E-state index contributed by atoms with van der Waals surface area (Å²) >= 11 is 1.57. The number of likely N-dealkylation sites (tertiary alicyclic amines) is 1. The monoisotopic (exact) mass is 224 g/mol. The average Bonchev–Trinajstić information content (AvgIpc) is 2.82. The van der Waals surface area contributed by atoms with Crippen LogP contribution in [0.2, 0.25) is 0 Å². The molecule has 1 amide bonds. The summed E-state index contributed by atoms with van der Waals surface area (Å²) in [6.45, 7) is 2.47. The van der Waals surface area contributed by atoms with E-state index in [1.54, 1.807) is 11.3 Å². The first kappa shape index (κ1) is 10.6. The normalized spacial score (nSPS) is 18.1. The van der Waals surface area contributed by atoms with Gasteiger partial charge in [0, 0.05) is 18.5 Å². The highest BCUT2D eigenvalue weighted by atomic mass is 32.1. The second kappa shape index (κ2) is 4.77. The summed E-state index contributed by atoms with van der Waals surface area (Å²) in [4.78, 5) is 13.9. The van der Waals surface area contributed by atoms with Gasteiger partial charge in [0.2, 0.25) is 0 Å². The van der Waals surface area contributed by atoms with Gasteiger partial charge in [0.15, 0.2) is 0 Å². The molecule has 0 aromatic carbocycles. The van der Waals surface area contributed by atoms with Gasteiger partial charge in [-0.25, -0.2) is 0 Å². The van der Waals surface area contributed by atoms with Gasteiger partial charge in [-0.3, -0.25) is 4.79 Å². The molecule has 1 aromatic rings. The van der Waals surface area contributed by atoms with E-state index in [2.05, 4.69) is 0 Å². The summed E-state index contributed by atoms with van der Waals surface area (Å²) in [7, 11) is 0. The van der Waals surface area contributed by atoms with Gasteiger partial charge < -0.3 is 10.6 Å². The van der Waals surface area contributed by atoms with Crippen molar-refractivity contribution in [2.45, 2.75) is 12.8 Å². The first-order valence-electron chi connectivity index (χ1n) is 5.33. The van der Waals surface area contributed by atoms with Gasteiger partial charge in [-0.2, -0.15) is 11.3 Å². The number of rotatable bonds is 2. The van der Waals surface area contributed by atoms with Crippen LogP contribution in [0.3, 0.4) is 0 Å². The molecule has 1 fully saturated rings. The maximum atomic E-state index is 12.0. The molecule has 0 atom stereocenters. The number of piperidine rings is 1. The molecule has 1 aromatic heterocycles. The molecule has 2 heterocycles. The van der Waals surface area contributed by atoms with Gasteiger partial charge in [-0.1, -0.05) is 0 Å². The Labute approximate surface area is 93.9 Å². The van der Waals surface area contributed by atoms with Crippen molar-refractivity contribution in [3.05, 3.63) is 22.4 Å². The quantitative estimate of drug-likeness (QED) is 0.828. The topological polar surface area (TPSA) is 46.3 Å². The molecule has 0 bridgehead atoms. The van der Waals surface area contributed by atoms with Gasteiger partial charge >= 0.3 is 0 Å². The molecule has 2 rings (SSSR count). The third-order valence-corrected chi connectivity index (χ3v) is 3.69. The molecule has 0 saturated carbocycles. The summed E-state index contributed by atoms with van der Waals surface area (Å²) in [6, 6.07) is 1.89. The number of hydrogen-bond donors (Lipinski definition) is 1. The van der Waals surface area contributed by atoms with E-state index < -0.39 is 0 Å². The molecule has 4 heteroatoms. The van der Waals surface area contributed by atoms with Gasteiger partial charge in [0.25, 0.3) is 5.91 Å². The Hall–Kier alpha value is -0.870. The lowest BCUT2D eigenvalue weighted by Gasteiger charge is -2.31. The molecule has 3 nitrogen and oxygen atoms in total. The zero-order valence-corrected chi connectivity index (χ0v) is 9.50. The minimum absolute atomic E-state index is 0.173. The van der Waals surface area contributed by atoms with E-state index in [1.165, 1.54) is 0 Å². The van der Waals surface area contributed by atoms with Crippen molar-refractivity contribution in [2.24, 2.45) is 11.7 Å². The molecule has 0 unspecified atom stereocenters. The zero-order chi connectivity index (χ0) is 10.7. The summed E-state index contributed by atoms with van der Waals surface area (Å²) in [5, 5.41) is 3.86. The molecule has 1 saturated heterocycles. The van der Waals surface area contributed by atoms with E-state index in [0.717, 1.165) is 38.0 Å². The summed E-state index contributed by atoms with van der Waals surface area (Å²) in [6.07, 6.45) is 2.10. The summed E-state index contributed by atoms with van der Waals surface area (Å²) in [5.74, 6) is 0.781. The van der Waals surface area contributed by atoms with Crippen LogP contribution < -0.4 is 5.73 Å². The zero-order valence-electron chi connectivity index (χ0n) is 8.69. The number of hydrogen-bond acceptors (Lipinski definition) is 3. The van der Waals surface area contributed by atoms with E-state index in [1.807, 2.05) is 21.7 Å². The minimum Gasteiger partial charge on any atom is -0.339 e. The number of thiophene rings is 1. The molecule has 1 aliphatic rings. The highest BCUT2D eigenvalue weighted by molar-refractivity contribution is 7.08. The first-order chi connectivity index (χ1) is 7.31. The van der Waals surface area contributed by atoms with Gasteiger partial charge in [-0.15, -0.1) is 0 Å². The van der Waals surface area contributed by atoms with Crippen molar-refractivity contribution in [1.82, 2.24) is 4.90 Å². The second-order valence-electron chi connectivity index (χ2n) is 3.98. The fourth-order valence-electron chi connectivity index (χ4n) is 1.94. The fraction of sp³-hybridized carbons (Fsp3) is 0.545. The maximum absolute atomic E-state index is 12.0. The van der Waals surface area contributed by atoms with Crippen LogP contribution in [-0.4, -0.2) is 30.4 Å². The van der Waals surface area contributed by atoms with Crippen LogP contribution >= 0.6 is 11.3 Å². The molecule has 82 valence electrons. The summed E-state index contributed by atoms with van der Waals surface area (Å²) < 4.78 is 0. The Morgan fingerprint density at radius 1 is 1.53 bits per heavy atom. The predicted molar refractivity (Wildman–Crippen MR) is 62.0 cm³/mol. The molecular formula is C11H16N2OS. The van der Waals surface area contributed by atoms with E-state index in [0.29, 0.717) is 5.92 Å². The van der Waals surface area contributed by atoms with Crippen molar-refractivity contribution in [2.75, 3.05) is 19.6 Å². The SMILES string of the molecule is NCC1CCN(C(=O)c2ccsc2)CC1. The van der Waals surface area contributed by atoms with Crippen LogP contribution in [0.5, 0.6) is 0 Å². The number of amides is 1. The standard InChI is InChI=1S/C11H16N2OS/c12-7-9-1-4-13(5-2-9)11(14)10-3-6-15-8-10/h3,6,8-9H,1-2,4-5,7,12H2. The molecule has 1 aliphatic heterocycles. The molecule has 0 spiro atoms. The van der Waals surface area contributed by atoms with Crippen molar-refractivity contribution in [3.8, 4) is 0 Å². The Morgan fingerprint density at radius 2 is 2.27 bits per heavy atom. The molecule has 0 radical (unpaired) electrons. The van der Waals surface area contributed by atoms with Crippen LogP contribution in [0.25, 0.3) is 0 Å². The first-order valence-corrected chi connectivity index (χ1v) is 6.27. The van der Waals surface area contributed by atoms with E-state index in [9.17, 15) is 4.79 Å². The molecule has 0 aliphatic carbocycles. The van der Waals surface area contributed by atoms with Crippen LogP contribution in [-0.2, 0) is 0 Å². The third-order valence-electron chi connectivity index (χ3n) is 3.00.